The predicted molar refractivity (Wildman–Crippen MR) is 137 cm³/mol. The van der Waals surface area contributed by atoms with Gasteiger partial charge < -0.3 is 4.74 Å². The van der Waals surface area contributed by atoms with Gasteiger partial charge in [0.25, 0.3) is 0 Å². The van der Waals surface area contributed by atoms with Crippen LogP contribution in [0.3, 0.4) is 0 Å². The van der Waals surface area contributed by atoms with Gasteiger partial charge in [0.05, 0.1) is 25.7 Å². The van der Waals surface area contributed by atoms with E-state index >= 15 is 0 Å². The number of hydrogen-bond donors (Lipinski definition) is 0. The van der Waals surface area contributed by atoms with Crippen LogP contribution in [0.15, 0.2) is 43.0 Å². The molecule has 1 atom stereocenters. The summed E-state index contributed by atoms with van der Waals surface area (Å²) in [6.45, 7) is 8.06. The molecule has 5 nitrogen and oxygen atoms in total. The fourth-order valence-corrected chi connectivity index (χ4v) is 5.23. The number of aryl methyl sites for hydroxylation is 2. The first-order chi connectivity index (χ1) is 16.3. The number of rotatable bonds is 15. The number of unbranched alkanes of at least 4 members (excludes halogenated alkanes) is 9. The molecule has 0 spiro atoms. The molecule has 0 N–H and O–H groups in total. The van der Waals surface area contributed by atoms with E-state index < -0.39 is 5.54 Å². The molecule has 1 aromatic heterocycles. The molecule has 0 amide bonds. The highest BCUT2D eigenvalue weighted by atomic mass is 16.5. The van der Waals surface area contributed by atoms with Gasteiger partial charge in [-0.2, -0.15) is 0 Å². The Morgan fingerprint density at radius 3 is 1.97 bits per heavy atom. The summed E-state index contributed by atoms with van der Waals surface area (Å²) in [5.41, 5.74) is 0.380. The number of hydroxylamine groups is 2. The normalized spacial score (nSPS) is 20.1. The topological polar surface area (TPSA) is 41.2 Å². The molecule has 1 aliphatic rings. The van der Waals surface area contributed by atoms with Gasteiger partial charge in [0.15, 0.2) is 0 Å². The molecule has 189 valence electrons. The van der Waals surface area contributed by atoms with Crippen LogP contribution in [0.2, 0.25) is 0 Å². The van der Waals surface area contributed by atoms with Crippen LogP contribution in [0.5, 0.6) is 5.75 Å². The van der Waals surface area contributed by atoms with E-state index in [1.54, 1.807) is 0 Å². The number of nitrogens with zero attached hydrogens (tertiary/aromatic N) is 3. The largest absolute Gasteiger partial charge is 0.494 e. The van der Waals surface area contributed by atoms with Gasteiger partial charge in [0.2, 0.25) is 6.33 Å². The Kier molecular flexibility index (Phi) is 10.0. The van der Waals surface area contributed by atoms with Crippen molar-refractivity contribution >= 4 is 0 Å². The first-order valence-corrected chi connectivity index (χ1v) is 13.5. The molecule has 1 saturated heterocycles. The SMILES string of the molecule is C[n+]1ccn(CCCCCCCCCCCCOc2ccc(C3(C)CCC(C)(C)N3[O])cc2)c1. The Labute approximate surface area is 207 Å². The van der Waals surface area contributed by atoms with Gasteiger partial charge in [-0.25, -0.2) is 9.13 Å². The van der Waals surface area contributed by atoms with E-state index in [4.69, 9.17) is 4.74 Å². The molecular formula is C29H47N3O2+. The second kappa shape index (κ2) is 12.7. The van der Waals surface area contributed by atoms with Gasteiger partial charge in [-0.1, -0.05) is 57.1 Å². The van der Waals surface area contributed by atoms with E-state index in [0.717, 1.165) is 43.7 Å². The van der Waals surface area contributed by atoms with Crippen molar-refractivity contribution in [2.24, 2.45) is 7.05 Å². The molecule has 2 aromatic rings. The molecule has 1 fully saturated rings. The Bertz CT molecular complexity index is 845. The molecule has 1 aromatic carbocycles. The van der Waals surface area contributed by atoms with Crippen LogP contribution >= 0.6 is 0 Å². The van der Waals surface area contributed by atoms with E-state index in [2.05, 4.69) is 54.0 Å². The van der Waals surface area contributed by atoms with Crippen molar-refractivity contribution in [1.82, 2.24) is 9.63 Å². The summed E-state index contributed by atoms with van der Waals surface area (Å²) in [4.78, 5) is 0. The third kappa shape index (κ3) is 7.58. The van der Waals surface area contributed by atoms with Crippen LogP contribution in [-0.2, 0) is 24.3 Å². The molecule has 34 heavy (non-hydrogen) atoms. The molecule has 3 rings (SSSR count). The third-order valence-electron chi connectivity index (χ3n) is 7.60. The van der Waals surface area contributed by atoms with Crippen molar-refractivity contribution in [3.05, 3.63) is 48.5 Å². The monoisotopic (exact) mass is 469 g/mol. The fourth-order valence-electron chi connectivity index (χ4n) is 5.23. The minimum Gasteiger partial charge on any atom is -0.494 e. The highest BCUT2D eigenvalue weighted by molar-refractivity contribution is 5.32. The Hall–Kier alpha value is -1.85. The van der Waals surface area contributed by atoms with E-state index in [1.807, 2.05) is 26.0 Å². The first-order valence-electron chi connectivity index (χ1n) is 13.5. The van der Waals surface area contributed by atoms with Crippen LogP contribution < -0.4 is 9.30 Å². The van der Waals surface area contributed by atoms with Crippen LogP contribution in [0.1, 0.15) is 103 Å². The summed E-state index contributed by atoms with van der Waals surface area (Å²) in [5.74, 6) is 0.910. The average Bonchev–Trinajstić information content (AvgIpc) is 3.33. The zero-order valence-electron chi connectivity index (χ0n) is 22.1. The zero-order valence-corrected chi connectivity index (χ0v) is 22.1. The quantitative estimate of drug-likeness (QED) is 0.214. The van der Waals surface area contributed by atoms with Gasteiger partial charge >= 0.3 is 0 Å². The molecule has 1 unspecified atom stereocenters. The lowest BCUT2D eigenvalue weighted by Gasteiger charge is -2.35. The minimum atomic E-state index is -0.427. The smallest absolute Gasteiger partial charge is 0.243 e. The van der Waals surface area contributed by atoms with Crippen LogP contribution in [-0.4, -0.2) is 21.8 Å². The highest BCUT2D eigenvalue weighted by Crippen LogP contribution is 2.46. The molecule has 0 aliphatic carbocycles. The van der Waals surface area contributed by atoms with Crippen LogP contribution in [0.4, 0.5) is 0 Å². The maximum Gasteiger partial charge on any atom is 0.243 e. The summed E-state index contributed by atoms with van der Waals surface area (Å²) in [5, 5.41) is 14.1. The predicted octanol–water partition coefficient (Wildman–Crippen LogP) is 6.73. The lowest BCUT2D eigenvalue weighted by molar-refractivity contribution is -0.671. The highest BCUT2D eigenvalue weighted by Gasteiger charge is 2.49. The molecular weight excluding hydrogens is 422 g/mol. The van der Waals surface area contributed by atoms with Crippen molar-refractivity contribution in [3.63, 3.8) is 0 Å². The second-order valence-electron chi connectivity index (χ2n) is 11.1. The van der Waals surface area contributed by atoms with Gasteiger partial charge in [-0.05, 0) is 70.6 Å². The van der Waals surface area contributed by atoms with E-state index in [1.165, 1.54) is 62.9 Å². The standard InChI is InChI=1S/C29H47N3O2/c1-28(2)19-20-29(3,32(28)33)26-15-17-27(18-16-26)34-24-14-12-10-8-6-5-7-9-11-13-21-31-23-22-30(4)25-31/h15-18,22-23,25H,5-14,19-21,24H2,1-4H3/q+1. The van der Waals surface area contributed by atoms with E-state index in [9.17, 15) is 5.21 Å². The van der Waals surface area contributed by atoms with E-state index in [-0.39, 0.29) is 5.54 Å². The number of ether oxygens (including phenoxy) is 1. The van der Waals surface area contributed by atoms with E-state index in [0.29, 0.717) is 0 Å². The molecule has 1 radical (unpaired) electrons. The number of benzene rings is 1. The Morgan fingerprint density at radius 2 is 1.44 bits per heavy atom. The zero-order chi connectivity index (χ0) is 24.4. The fraction of sp³-hybridized carbons (Fsp3) is 0.690. The Balaban J connectivity index is 1.17. The van der Waals surface area contributed by atoms with Gasteiger partial charge in [-0.15, -0.1) is 10.3 Å². The van der Waals surface area contributed by atoms with Crippen LogP contribution in [0, 0.1) is 0 Å². The van der Waals surface area contributed by atoms with Crippen molar-refractivity contribution in [3.8, 4) is 5.75 Å². The molecule has 0 saturated carbocycles. The Morgan fingerprint density at radius 1 is 0.853 bits per heavy atom. The summed E-state index contributed by atoms with van der Waals surface area (Å²) in [6.07, 6.45) is 21.3. The van der Waals surface area contributed by atoms with Gasteiger partial charge in [0.1, 0.15) is 18.1 Å². The lowest BCUT2D eigenvalue weighted by atomic mass is 9.90. The average molecular weight is 470 g/mol. The van der Waals surface area contributed by atoms with Crippen LogP contribution in [0.25, 0.3) is 0 Å². The van der Waals surface area contributed by atoms with Crippen molar-refractivity contribution in [1.29, 1.82) is 0 Å². The summed E-state index contributed by atoms with van der Waals surface area (Å²) < 4.78 is 10.3. The summed E-state index contributed by atoms with van der Waals surface area (Å²) in [7, 11) is 2.07. The molecule has 2 heterocycles. The number of hydrogen-bond acceptors (Lipinski definition) is 2. The summed E-state index contributed by atoms with van der Waals surface area (Å²) >= 11 is 0. The molecule has 1 aliphatic heterocycles. The van der Waals surface area contributed by atoms with Crippen molar-refractivity contribution in [2.45, 2.75) is 115 Å². The van der Waals surface area contributed by atoms with Gasteiger partial charge in [-0.3, -0.25) is 0 Å². The molecule has 5 heteroatoms. The lowest BCUT2D eigenvalue weighted by Crippen LogP contribution is -2.44. The number of aromatic nitrogens is 2. The van der Waals surface area contributed by atoms with Crippen molar-refractivity contribution in [2.75, 3.05) is 6.61 Å². The molecule has 0 bridgehead atoms. The summed E-state index contributed by atoms with van der Waals surface area (Å²) in [6, 6.07) is 8.20. The first kappa shape index (κ1) is 26.7. The minimum absolute atomic E-state index is 0.286. The number of imidazole rings is 1. The third-order valence-corrected chi connectivity index (χ3v) is 7.60. The van der Waals surface area contributed by atoms with Gasteiger partial charge in [0, 0.05) is 5.54 Å². The van der Waals surface area contributed by atoms with Crippen molar-refractivity contribution < 1.29 is 14.5 Å². The maximum atomic E-state index is 12.8. The second-order valence-corrected chi connectivity index (χ2v) is 11.1. The maximum absolute atomic E-state index is 12.8.